The molecule has 1 aromatic heterocycles. The van der Waals surface area contributed by atoms with Gasteiger partial charge in [0.2, 0.25) is 0 Å². The first kappa shape index (κ1) is 13.6. The molecule has 0 aromatic carbocycles. The molecule has 0 radical (unpaired) electrons. The molecule has 0 fully saturated rings. The van der Waals surface area contributed by atoms with E-state index in [4.69, 9.17) is 0 Å². The van der Waals surface area contributed by atoms with Gasteiger partial charge in [0, 0.05) is 16.8 Å². The molecule has 100 valence electrons. The molecule has 2 heterocycles. The SMILES string of the molecule is CCNCCC(c1cccs1)N1C=CC(C)(C)C1. The Morgan fingerprint density at radius 2 is 2.33 bits per heavy atom. The van der Waals surface area contributed by atoms with E-state index in [1.165, 1.54) is 11.3 Å². The summed E-state index contributed by atoms with van der Waals surface area (Å²) in [6.07, 6.45) is 5.80. The molecule has 2 rings (SSSR count). The van der Waals surface area contributed by atoms with E-state index in [1.54, 1.807) is 0 Å². The van der Waals surface area contributed by atoms with Crippen LogP contribution in [0.1, 0.15) is 38.1 Å². The maximum atomic E-state index is 3.44. The van der Waals surface area contributed by atoms with Crippen molar-refractivity contribution in [2.75, 3.05) is 19.6 Å². The predicted octanol–water partition coefficient (Wildman–Crippen LogP) is 3.64. The fraction of sp³-hybridized carbons (Fsp3) is 0.600. The van der Waals surface area contributed by atoms with Crippen LogP contribution in [0.3, 0.4) is 0 Å². The van der Waals surface area contributed by atoms with Crippen LogP contribution < -0.4 is 5.32 Å². The van der Waals surface area contributed by atoms with Gasteiger partial charge in [0.15, 0.2) is 0 Å². The summed E-state index contributed by atoms with van der Waals surface area (Å²) in [4.78, 5) is 3.98. The molecule has 0 amide bonds. The molecule has 1 aliphatic rings. The summed E-state index contributed by atoms with van der Waals surface area (Å²) in [7, 11) is 0. The van der Waals surface area contributed by atoms with Crippen molar-refractivity contribution in [3.63, 3.8) is 0 Å². The van der Waals surface area contributed by atoms with Crippen LogP contribution >= 0.6 is 11.3 Å². The second-order valence-electron chi connectivity index (χ2n) is 5.65. The average molecular weight is 264 g/mol. The van der Waals surface area contributed by atoms with Gasteiger partial charge in [0.05, 0.1) is 6.04 Å². The lowest BCUT2D eigenvalue weighted by atomic mass is 9.95. The molecular weight excluding hydrogens is 240 g/mol. The van der Waals surface area contributed by atoms with Gasteiger partial charge >= 0.3 is 0 Å². The van der Waals surface area contributed by atoms with E-state index in [1.807, 2.05) is 11.3 Å². The van der Waals surface area contributed by atoms with Crippen LogP contribution in [0.5, 0.6) is 0 Å². The number of hydrogen-bond acceptors (Lipinski definition) is 3. The average Bonchev–Trinajstić information content (AvgIpc) is 2.94. The van der Waals surface area contributed by atoms with Gasteiger partial charge in [-0.2, -0.15) is 0 Å². The lowest BCUT2D eigenvalue weighted by Gasteiger charge is -2.30. The number of thiophene rings is 1. The van der Waals surface area contributed by atoms with Crippen molar-refractivity contribution in [3.05, 3.63) is 34.7 Å². The van der Waals surface area contributed by atoms with Crippen molar-refractivity contribution in [2.45, 2.75) is 33.2 Å². The standard InChI is InChI=1S/C15H24N2S/c1-4-16-9-7-13(14-6-5-11-18-14)17-10-8-15(2,3)12-17/h5-6,8,10-11,13,16H,4,7,9,12H2,1-3H3. The Labute approximate surface area is 115 Å². The third kappa shape index (κ3) is 3.36. The third-order valence-corrected chi connectivity index (χ3v) is 4.40. The van der Waals surface area contributed by atoms with E-state index in [-0.39, 0.29) is 0 Å². The number of rotatable bonds is 6. The maximum absolute atomic E-state index is 3.44. The van der Waals surface area contributed by atoms with E-state index >= 15 is 0 Å². The smallest absolute Gasteiger partial charge is 0.0641 e. The zero-order chi connectivity index (χ0) is 13.0. The van der Waals surface area contributed by atoms with Crippen molar-refractivity contribution in [1.29, 1.82) is 0 Å². The van der Waals surface area contributed by atoms with Crippen LogP contribution in [0.15, 0.2) is 29.8 Å². The van der Waals surface area contributed by atoms with Crippen LogP contribution in [0.25, 0.3) is 0 Å². The van der Waals surface area contributed by atoms with E-state index in [9.17, 15) is 0 Å². The number of nitrogens with zero attached hydrogens (tertiary/aromatic N) is 1. The first-order valence-corrected chi connectivity index (χ1v) is 7.69. The molecule has 0 bridgehead atoms. The van der Waals surface area contributed by atoms with E-state index < -0.39 is 0 Å². The van der Waals surface area contributed by atoms with E-state index in [0.717, 1.165) is 19.6 Å². The summed E-state index contributed by atoms with van der Waals surface area (Å²) in [5.41, 5.74) is 0.313. The van der Waals surface area contributed by atoms with Crippen molar-refractivity contribution in [3.8, 4) is 0 Å². The Hall–Kier alpha value is -0.800. The van der Waals surface area contributed by atoms with Crippen LogP contribution in [-0.4, -0.2) is 24.5 Å². The lowest BCUT2D eigenvalue weighted by molar-refractivity contribution is 0.238. The highest BCUT2D eigenvalue weighted by Gasteiger charge is 2.28. The molecule has 2 nitrogen and oxygen atoms in total. The van der Waals surface area contributed by atoms with Gasteiger partial charge in [-0.05, 0) is 37.2 Å². The molecule has 0 saturated heterocycles. The highest BCUT2D eigenvalue weighted by molar-refractivity contribution is 7.10. The Kier molecular flexibility index (Phi) is 4.46. The minimum absolute atomic E-state index is 0.313. The molecule has 0 saturated carbocycles. The Balaban J connectivity index is 2.04. The third-order valence-electron chi connectivity index (χ3n) is 3.42. The Morgan fingerprint density at radius 3 is 2.89 bits per heavy atom. The van der Waals surface area contributed by atoms with Crippen LogP contribution in [0.4, 0.5) is 0 Å². The second kappa shape index (κ2) is 5.89. The first-order valence-electron chi connectivity index (χ1n) is 6.81. The number of nitrogens with one attached hydrogen (secondary N) is 1. The minimum Gasteiger partial charge on any atom is -0.369 e. The summed E-state index contributed by atoms with van der Waals surface area (Å²) >= 11 is 1.87. The molecular formula is C15H24N2S. The van der Waals surface area contributed by atoms with Crippen molar-refractivity contribution in [1.82, 2.24) is 10.2 Å². The van der Waals surface area contributed by atoms with Crippen LogP contribution in [0, 0.1) is 5.41 Å². The monoisotopic (exact) mass is 264 g/mol. The molecule has 3 heteroatoms. The van der Waals surface area contributed by atoms with Gasteiger partial charge in [-0.15, -0.1) is 11.3 Å². The van der Waals surface area contributed by atoms with Gasteiger partial charge < -0.3 is 10.2 Å². The highest BCUT2D eigenvalue weighted by Crippen LogP contribution is 2.35. The molecule has 0 spiro atoms. The zero-order valence-electron chi connectivity index (χ0n) is 11.6. The fourth-order valence-electron chi connectivity index (χ4n) is 2.46. The highest BCUT2D eigenvalue weighted by atomic mass is 32.1. The summed E-state index contributed by atoms with van der Waals surface area (Å²) in [6.45, 7) is 10.0. The van der Waals surface area contributed by atoms with Crippen LogP contribution in [0.2, 0.25) is 0 Å². The predicted molar refractivity (Wildman–Crippen MR) is 79.8 cm³/mol. The topological polar surface area (TPSA) is 15.3 Å². The minimum atomic E-state index is 0.313. The molecule has 1 aromatic rings. The van der Waals surface area contributed by atoms with Gasteiger partial charge in [-0.3, -0.25) is 0 Å². The summed E-state index contributed by atoms with van der Waals surface area (Å²) in [6, 6.07) is 4.95. The largest absolute Gasteiger partial charge is 0.369 e. The summed E-state index contributed by atoms with van der Waals surface area (Å²) in [5.74, 6) is 0. The Morgan fingerprint density at radius 1 is 1.50 bits per heavy atom. The zero-order valence-corrected chi connectivity index (χ0v) is 12.5. The normalized spacial score (nSPS) is 19.4. The van der Waals surface area contributed by atoms with Crippen molar-refractivity contribution < 1.29 is 0 Å². The van der Waals surface area contributed by atoms with E-state index in [2.05, 4.69) is 60.8 Å². The van der Waals surface area contributed by atoms with Crippen molar-refractivity contribution in [2.24, 2.45) is 5.41 Å². The quantitative estimate of drug-likeness (QED) is 0.789. The van der Waals surface area contributed by atoms with Gasteiger partial charge in [-0.25, -0.2) is 0 Å². The van der Waals surface area contributed by atoms with Gasteiger partial charge in [-0.1, -0.05) is 32.9 Å². The summed E-state index contributed by atoms with van der Waals surface area (Å²) < 4.78 is 0. The Bertz CT molecular complexity index is 381. The van der Waals surface area contributed by atoms with Crippen molar-refractivity contribution >= 4 is 11.3 Å². The summed E-state index contributed by atoms with van der Waals surface area (Å²) in [5, 5.41) is 5.62. The molecule has 1 atom stereocenters. The second-order valence-corrected chi connectivity index (χ2v) is 6.63. The number of hydrogen-bond donors (Lipinski definition) is 1. The molecule has 0 aliphatic carbocycles. The lowest BCUT2D eigenvalue weighted by Crippen LogP contribution is -2.29. The molecule has 18 heavy (non-hydrogen) atoms. The fourth-order valence-corrected chi connectivity index (χ4v) is 3.34. The van der Waals surface area contributed by atoms with E-state index in [0.29, 0.717) is 11.5 Å². The van der Waals surface area contributed by atoms with Gasteiger partial charge in [0.25, 0.3) is 0 Å². The van der Waals surface area contributed by atoms with Crippen LogP contribution in [-0.2, 0) is 0 Å². The molecule has 1 aliphatic heterocycles. The van der Waals surface area contributed by atoms with Gasteiger partial charge in [0.1, 0.15) is 0 Å². The first-order chi connectivity index (χ1) is 8.62. The molecule has 1 unspecified atom stereocenters. The molecule has 1 N–H and O–H groups in total. The maximum Gasteiger partial charge on any atom is 0.0641 e.